The van der Waals surface area contributed by atoms with Gasteiger partial charge in [0, 0.05) is 6.54 Å². The zero-order valence-electron chi connectivity index (χ0n) is 10.8. The monoisotopic (exact) mass is 279 g/mol. The van der Waals surface area contributed by atoms with Crippen molar-refractivity contribution in [3.8, 4) is 0 Å². The normalized spacial score (nSPS) is 10.3. The van der Waals surface area contributed by atoms with E-state index in [2.05, 4.69) is 36.0 Å². The predicted molar refractivity (Wildman–Crippen MR) is 71.3 cm³/mol. The second-order valence-electron chi connectivity index (χ2n) is 3.70. The summed E-state index contributed by atoms with van der Waals surface area (Å²) in [4.78, 5) is 16.0. The van der Waals surface area contributed by atoms with Gasteiger partial charge in [0.05, 0.1) is 11.4 Å². The van der Waals surface area contributed by atoms with Gasteiger partial charge in [-0.3, -0.25) is 10.1 Å². The molecule has 9 heteroatoms. The Kier molecular flexibility index (Phi) is 3.95. The summed E-state index contributed by atoms with van der Waals surface area (Å²) in [7, 11) is 0. The number of hydrogen-bond donors (Lipinski definition) is 2. The highest BCUT2D eigenvalue weighted by molar-refractivity contribution is 7.17. The lowest BCUT2D eigenvalue weighted by molar-refractivity contribution is 0.102. The largest absolute Gasteiger partial charge is 0.360 e. The molecular formula is C10H13N7OS. The van der Waals surface area contributed by atoms with Gasteiger partial charge in [-0.05, 0) is 20.8 Å². The minimum Gasteiger partial charge on any atom is -0.360 e. The number of amides is 1. The van der Waals surface area contributed by atoms with Gasteiger partial charge in [0.15, 0.2) is 0 Å². The van der Waals surface area contributed by atoms with Crippen molar-refractivity contribution in [1.29, 1.82) is 0 Å². The maximum absolute atomic E-state index is 11.9. The predicted octanol–water partition coefficient (Wildman–Crippen LogP) is 1.02. The van der Waals surface area contributed by atoms with E-state index in [4.69, 9.17) is 0 Å². The van der Waals surface area contributed by atoms with Gasteiger partial charge in [-0.25, -0.2) is 4.98 Å². The highest BCUT2D eigenvalue weighted by atomic mass is 32.1. The van der Waals surface area contributed by atoms with Crippen molar-refractivity contribution in [3.05, 3.63) is 16.4 Å². The van der Waals surface area contributed by atoms with Crippen LogP contribution in [0.4, 0.5) is 11.1 Å². The number of aryl methyl sites for hydroxylation is 2. The number of carbonyl (C=O) groups excluding carboxylic acids is 1. The number of anilines is 2. The first-order valence-corrected chi connectivity index (χ1v) is 6.48. The summed E-state index contributed by atoms with van der Waals surface area (Å²) in [5.41, 5.74) is 1.44. The Labute approximate surface area is 113 Å². The van der Waals surface area contributed by atoms with E-state index in [1.165, 1.54) is 11.3 Å². The average molecular weight is 279 g/mol. The molecule has 8 nitrogen and oxygen atoms in total. The first kappa shape index (κ1) is 13.3. The smallest absolute Gasteiger partial charge is 0.289 e. The van der Waals surface area contributed by atoms with Crippen molar-refractivity contribution in [2.24, 2.45) is 0 Å². The molecule has 0 aliphatic carbocycles. The van der Waals surface area contributed by atoms with Gasteiger partial charge in [-0.2, -0.15) is 5.10 Å². The lowest BCUT2D eigenvalue weighted by atomic mass is 10.4. The molecule has 19 heavy (non-hydrogen) atoms. The lowest BCUT2D eigenvalue weighted by Gasteiger charge is -2.02. The first-order valence-electron chi connectivity index (χ1n) is 5.66. The van der Waals surface area contributed by atoms with Gasteiger partial charge in [-0.1, -0.05) is 11.3 Å². The zero-order valence-corrected chi connectivity index (χ0v) is 11.6. The Bertz CT molecular complexity index is 597. The Morgan fingerprint density at radius 3 is 2.63 bits per heavy atom. The molecule has 0 atom stereocenters. The van der Waals surface area contributed by atoms with Gasteiger partial charge in [0.2, 0.25) is 16.1 Å². The molecule has 2 heterocycles. The summed E-state index contributed by atoms with van der Waals surface area (Å²) in [6.45, 7) is 6.26. The van der Waals surface area contributed by atoms with Crippen molar-refractivity contribution >= 4 is 28.3 Å². The Hall–Kier alpha value is -2.16. The van der Waals surface area contributed by atoms with Crippen LogP contribution < -0.4 is 10.6 Å². The van der Waals surface area contributed by atoms with Crippen LogP contribution >= 0.6 is 11.3 Å². The van der Waals surface area contributed by atoms with E-state index in [1.54, 1.807) is 13.8 Å². The molecule has 2 aromatic rings. The van der Waals surface area contributed by atoms with E-state index in [1.807, 2.05) is 6.92 Å². The summed E-state index contributed by atoms with van der Waals surface area (Å²) in [6.07, 6.45) is 0. The van der Waals surface area contributed by atoms with Crippen molar-refractivity contribution < 1.29 is 4.79 Å². The molecule has 0 spiro atoms. The van der Waals surface area contributed by atoms with Gasteiger partial charge in [0.1, 0.15) is 0 Å². The fourth-order valence-electron chi connectivity index (χ4n) is 1.20. The van der Waals surface area contributed by atoms with Crippen molar-refractivity contribution in [2.75, 3.05) is 17.2 Å². The van der Waals surface area contributed by atoms with Gasteiger partial charge in [0.25, 0.3) is 5.91 Å². The van der Waals surface area contributed by atoms with Crippen LogP contribution in [0.25, 0.3) is 0 Å². The molecule has 100 valence electrons. The van der Waals surface area contributed by atoms with Crippen LogP contribution in [0.3, 0.4) is 0 Å². The molecule has 0 radical (unpaired) electrons. The fourth-order valence-corrected chi connectivity index (χ4v) is 1.91. The first-order chi connectivity index (χ1) is 9.10. The maximum Gasteiger partial charge on any atom is 0.289 e. The standard InChI is InChI=1S/C10H13N7OS/c1-4-11-10-17-15-8(19-10)7(18)13-9-12-5(2)6(3)14-16-9/h4H2,1-3H3,(H,11,17)(H,12,13,16,18). The number of carbonyl (C=O) groups is 1. The van der Waals surface area contributed by atoms with Crippen LogP contribution in [-0.2, 0) is 0 Å². The third-order valence-corrected chi connectivity index (χ3v) is 3.14. The number of nitrogens with one attached hydrogen (secondary N) is 2. The van der Waals surface area contributed by atoms with E-state index in [-0.39, 0.29) is 11.0 Å². The molecule has 0 fully saturated rings. The molecule has 0 saturated carbocycles. The summed E-state index contributed by atoms with van der Waals surface area (Å²) in [5.74, 6) is -0.236. The number of nitrogens with zero attached hydrogens (tertiary/aromatic N) is 5. The summed E-state index contributed by atoms with van der Waals surface area (Å²) < 4.78 is 0. The minimum atomic E-state index is -0.397. The molecule has 0 aliphatic heterocycles. The summed E-state index contributed by atoms with van der Waals surface area (Å²) in [6, 6.07) is 0. The van der Waals surface area contributed by atoms with Crippen molar-refractivity contribution in [2.45, 2.75) is 20.8 Å². The Morgan fingerprint density at radius 1 is 1.16 bits per heavy atom. The maximum atomic E-state index is 11.9. The third kappa shape index (κ3) is 3.19. The molecule has 1 amide bonds. The van der Waals surface area contributed by atoms with Crippen LogP contribution in [0.15, 0.2) is 0 Å². The molecule has 0 saturated heterocycles. The van der Waals surface area contributed by atoms with Crippen LogP contribution in [0.2, 0.25) is 0 Å². The molecule has 2 N–H and O–H groups in total. The van der Waals surface area contributed by atoms with Crippen LogP contribution in [-0.4, -0.2) is 37.8 Å². The van der Waals surface area contributed by atoms with Gasteiger partial charge >= 0.3 is 0 Å². The second-order valence-corrected chi connectivity index (χ2v) is 4.68. The fraction of sp³-hybridized carbons (Fsp3) is 0.400. The van der Waals surface area contributed by atoms with E-state index in [0.29, 0.717) is 5.13 Å². The molecule has 0 bridgehead atoms. The molecule has 0 aliphatic rings. The zero-order chi connectivity index (χ0) is 13.8. The highest BCUT2D eigenvalue weighted by Gasteiger charge is 2.14. The SMILES string of the molecule is CCNc1nnc(C(=O)Nc2nnc(C)c(C)n2)s1. The molecule has 2 aromatic heterocycles. The average Bonchev–Trinajstić information content (AvgIpc) is 2.83. The van der Waals surface area contributed by atoms with Gasteiger partial charge < -0.3 is 5.32 Å². The quantitative estimate of drug-likeness (QED) is 0.860. The van der Waals surface area contributed by atoms with Crippen LogP contribution in [0.1, 0.15) is 28.1 Å². The van der Waals surface area contributed by atoms with Crippen LogP contribution in [0.5, 0.6) is 0 Å². The van der Waals surface area contributed by atoms with E-state index in [9.17, 15) is 4.79 Å². The Morgan fingerprint density at radius 2 is 1.95 bits per heavy atom. The van der Waals surface area contributed by atoms with Gasteiger partial charge in [-0.15, -0.1) is 15.3 Å². The van der Waals surface area contributed by atoms with E-state index < -0.39 is 5.91 Å². The molecule has 0 aromatic carbocycles. The number of rotatable bonds is 4. The highest BCUT2D eigenvalue weighted by Crippen LogP contribution is 2.15. The topological polar surface area (TPSA) is 106 Å². The summed E-state index contributed by atoms with van der Waals surface area (Å²) >= 11 is 1.17. The Balaban J connectivity index is 2.09. The van der Waals surface area contributed by atoms with Crippen molar-refractivity contribution in [3.63, 3.8) is 0 Å². The van der Waals surface area contributed by atoms with Crippen molar-refractivity contribution in [1.82, 2.24) is 25.4 Å². The number of aromatic nitrogens is 5. The van der Waals surface area contributed by atoms with Crippen LogP contribution in [0, 0.1) is 13.8 Å². The molecule has 2 rings (SSSR count). The number of hydrogen-bond acceptors (Lipinski definition) is 8. The molecule has 0 unspecified atom stereocenters. The van der Waals surface area contributed by atoms with E-state index in [0.717, 1.165) is 17.9 Å². The minimum absolute atomic E-state index is 0.160. The molecular weight excluding hydrogens is 266 g/mol. The van der Waals surface area contributed by atoms with E-state index >= 15 is 0 Å². The third-order valence-electron chi connectivity index (χ3n) is 2.26. The lowest BCUT2D eigenvalue weighted by Crippen LogP contribution is -2.15. The summed E-state index contributed by atoms with van der Waals surface area (Å²) in [5, 5.41) is 21.7. The second kappa shape index (κ2) is 5.65.